The summed E-state index contributed by atoms with van der Waals surface area (Å²) in [4.78, 5) is 12.5. The largest absolute Gasteiger partial charge is 0.465 e. The van der Waals surface area contributed by atoms with Crippen molar-refractivity contribution in [3.8, 4) is 0 Å². The van der Waals surface area contributed by atoms with Crippen LogP contribution in [0.1, 0.15) is 19.8 Å². The molecule has 2 fully saturated rings. The van der Waals surface area contributed by atoms with E-state index in [0.29, 0.717) is 45.8 Å². The monoisotopic (exact) mass is 288 g/mol. The lowest BCUT2D eigenvalue weighted by molar-refractivity contribution is -0.178. The van der Waals surface area contributed by atoms with Crippen LogP contribution in [0.5, 0.6) is 0 Å². The average Bonchev–Trinajstić information content (AvgIpc) is 3.15. The number of carbonyl (C=O) groups is 1. The zero-order valence-corrected chi connectivity index (χ0v) is 11.9. The van der Waals surface area contributed by atoms with Gasteiger partial charge in [-0.05, 0) is 19.8 Å². The van der Waals surface area contributed by atoms with Crippen molar-refractivity contribution in [2.45, 2.75) is 32.2 Å². The molecule has 0 spiro atoms. The summed E-state index contributed by atoms with van der Waals surface area (Å²) in [7, 11) is 0. The van der Waals surface area contributed by atoms with E-state index in [9.17, 15) is 4.79 Å². The molecule has 0 bridgehead atoms. The fourth-order valence-electron chi connectivity index (χ4n) is 2.51. The number of esters is 1. The lowest BCUT2D eigenvalue weighted by atomic mass is 9.86. The number of aliphatic hydroxyl groups is 1. The maximum absolute atomic E-state index is 12.5. The third kappa shape index (κ3) is 3.29. The highest BCUT2D eigenvalue weighted by Crippen LogP contribution is 2.32. The summed E-state index contributed by atoms with van der Waals surface area (Å²) in [6.45, 7) is 4.78. The topological polar surface area (TPSA) is 89.1 Å². The lowest BCUT2D eigenvalue weighted by Crippen LogP contribution is -2.57. The van der Waals surface area contributed by atoms with Crippen LogP contribution in [0.15, 0.2) is 0 Å². The van der Waals surface area contributed by atoms with E-state index in [0.717, 1.165) is 0 Å². The molecular weight excluding hydrogens is 264 g/mol. The third-order valence-corrected chi connectivity index (χ3v) is 3.75. The smallest absolute Gasteiger partial charge is 0.319 e. The summed E-state index contributed by atoms with van der Waals surface area (Å²) < 4.78 is 16.6. The predicted molar refractivity (Wildman–Crippen MR) is 70.9 cm³/mol. The van der Waals surface area contributed by atoms with Crippen molar-refractivity contribution in [1.29, 1.82) is 0 Å². The van der Waals surface area contributed by atoms with Gasteiger partial charge in [0.2, 0.25) is 0 Å². The number of unbranched alkanes of at least 4 members (excludes halogenated alkanes) is 1. The molecule has 0 aliphatic carbocycles. The zero-order chi connectivity index (χ0) is 14.4. The molecule has 0 aromatic heterocycles. The molecule has 7 nitrogen and oxygen atoms in total. The fourth-order valence-corrected chi connectivity index (χ4v) is 2.51. The molecule has 2 heterocycles. The van der Waals surface area contributed by atoms with Crippen LogP contribution in [0.25, 0.3) is 0 Å². The van der Waals surface area contributed by atoms with Gasteiger partial charge in [0.05, 0.1) is 19.8 Å². The van der Waals surface area contributed by atoms with Gasteiger partial charge >= 0.3 is 5.97 Å². The van der Waals surface area contributed by atoms with Crippen LogP contribution in [-0.2, 0) is 19.0 Å². The van der Waals surface area contributed by atoms with Crippen molar-refractivity contribution in [3.63, 3.8) is 0 Å². The van der Waals surface area contributed by atoms with Gasteiger partial charge in [-0.3, -0.25) is 15.4 Å². The Morgan fingerprint density at radius 1 is 1.25 bits per heavy atom. The Balaban J connectivity index is 1.99. The van der Waals surface area contributed by atoms with E-state index in [1.54, 1.807) is 6.92 Å². The molecule has 0 aromatic carbocycles. The molecule has 3 N–H and O–H groups in total. The number of nitrogens with one attached hydrogen (secondary N) is 2. The van der Waals surface area contributed by atoms with Crippen molar-refractivity contribution < 1.29 is 24.1 Å². The first-order chi connectivity index (χ1) is 9.69. The molecule has 2 rings (SSSR count). The van der Waals surface area contributed by atoms with Crippen LogP contribution in [0.3, 0.4) is 0 Å². The summed E-state index contributed by atoms with van der Waals surface area (Å²) in [6.07, 6.45) is 0.447. The van der Waals surface area contributed by atoms with E-state index < -0.39 is 17.9 Å². The second-order valence-electron chi connectivity index (χ2n) is 5.26. The minimum absolute atomic E-state index is 0.107. The molecule has 7 heteroatoms. The number of carbonyl (C=O) groups excluding carboxylic acids is 1. The van der Waals surface area contributed by atoms with Crippen molar-refractivity contribution in [2.75, 3.05) is 39.5 Å². The van der Waals surface area contributed by atoms with Gasteiger partial charge in [0, 0.05) is 19.7 Å². The van der Waals surface area contributed by atoms with Crippen molar-refractivity contribution in [2.24, 2.45) is 5.41 Å². The second kappa shape index (κ2) is 7.33. The van der Waals surface area contributed by atoms with E-state index in [2.05, 4.69) is 10.6 Å². The normalized spacial score (nSPS) is 29.3. The third-order valence-electron chi connectivity index (χ3n) is 3.75. The van der Waals surface area contributed by atoms with Crippen molar-refractivity contribution in [1.82, 2.24) is 10.6 Å². The Labute approximate surface area is 119 Å². The first-order valence-electron chi connectivity index (χ1n) is 7.17. The fraction of sp³-hybridized carbons (Fsp3) is 0.923. The molecule has 0 aromatic rings. The maximum atomic E-state index is 12.5. The Morgan fingerprint density at radius 2 is 1.85 bits per heavy atom. The predicted octanol–water partition coefficient (Wildman–Crippen LogP) is -0.800. The molecule has 2 saturated heterocycles. The van der Waals surface area contributed by atoms with Gasteiger partial charge in [-0.15, -0.1) is 0 Å². The molecule has 0 radical (unpaired) electrons. The van der Waals surface area contributed by atoms with Crippen LogP contribution in [0, 0.1) is 5.41 Å². The molecule has 2 aliphatic rings. The zero-order valence-electron chi connectivity index (χ0n) is 11.9. The Hall–Kier alpha value is -0.730. The van der Waals surface area contributed by atoms with Gasteiger partial charge in [-0.2, -0.15) is 0 Å². The highest BCUT2D eigenvalue weighted by molar-refractivity contribution is 5.78. The first-order valence-corrected chi connectivity index (χ1v) is 7.17. The molecule has 0 amide bonds. The van der Waals surface area contributed by atoms with Crippen LogP contribution in [0.2, 0.25) is 0 Å². The SMILES string of the molecule is CC(C(=O)OCCCCO)(C1NCCO1)C1NCCO1. The van der Waals surface area contributed by atoms with Crippen molar-refractivity contribution in [3.05, 3.63) is 0 Å². The number of hydrogen-bond acceptors (Lipinski definition) is 7. The van der Waals surface area contributed by atoms with E-state index in [1.807, 2.05) is 0 Å². The number of ether oxygens (including phenoxy) is 3. The lowest BCUT2D eigenvalue weighted by Gasteiger charge is -2.36. The number of aliphatic hydroxyl groups excluding tert-OH is 1. The average molecular weight is 288 g/mol. The van der Waals surface area contributed by atoms with E-state index in [1.165, 1.54) is 0 Å². The van der Waals surface area contributed by atoms with Gasteiger partial charge in [-0.1, -0.05) is 0 Å². The molecule has 2 aliphatic heterocycles. The van der Waals surface area contributed by atoms with E-state index in [4.69, 9.17) is 19.3 Å². The number of hydrogen-bond donors (Lipinski definition) is 3. The van der Waals surface area contributed by atoms with E-state index in [-0.39, 0.29) is 12.6 Å². The highest BCUT2D eigenvalue weighted by atomic mass is 16.6. The van der Waals surface area contributed by atoms with Crippen LogP contribution in [-0.4, -0.2) is 63.0 Å². The Morgan fingerprint density at radius 3 is 2.30 bits per heavy atom. The van der Waals surface area contributed by atoms with Crippen molar-refractivity contribution >= 4 is 5.97 Å². The summed E-state index contributed by atoms with van der Waals surface area (Å²) in [5, 5.41) is 15.1. The van der Waals surface area contributed by atoms with Crippen LogP contribution < -0.4 is 10.6 Å². The van der Waals surface area contributed by atoms with Gasteiger partial charge in [0.15, 0.2) is 0 Å². The summed E-state index contributed by atoms with van der Waals surface area (Å²) in [6, 6.07) is 0. The standard InChI is InChI=1S/C13H24N2O5/c1-13(10-14-4-8-18-10,11-15-5-9-19-11)12(17)20-7-3-2-6-16/h10-11,14-16H,2-9H2,1H3. The first kappa shape index (κ1) is 15.7. The summed E-state index contributed by atoms with van der Waals surface area (Å²) in [5.74, 6) is -0.339. The van der Waals surface area contributed by atoms with Gasteiger partial charge < -0.3 is 19.3 Å². The van der Waals surface area contributed by atoms with Gasteiger partial charge in [-0.25, -0.2) is 0 Å². The maximum Gasteiger partial charge on any atom is 0.319 e. The molecule has 0 saturated carbocycles. The highest BCUT2D eigenvalue weighted by Gasteiger charge is 2.53. The molecular formula is C13H24N2O5. The Kier molecular flexibility index (Phi) is 5.74. The van der Waals surface area contributed by atoms with E-state index >= 15 is 0 Å². The second-order valence-corrected chi connectivity index (χ2v) is 5.26. The van der Waals surface area contributed by atoms with Crippen LogP contribution >= 0.6 is 0 Å². The summed E-state index contributed by atoms with van der Waals surface area (Å²) >= 11 is 0. The quantitative estimate of drug-likeness (QED) is 0.417. The van der Waals surface area contributed by atoms with Gasteiger partial charge in [0.1, 0.15) is 17.9 Å². The van der Waals surface area contributed by atoms with Gasteiger partial charge in [0.25, 0.3) is 0 Å². The molecule has 2 unspecified atom stereocenters. The minimum atomic E-state index is -0.924. The molecule has 116 valence electrons. The Bertz CT molecular complexity index is 298. The molecule has 2 atom stereocenters. The molecule has 20 heavy (non-hydrogen) atoms. The number of rotatable bonds is 7. The van der Waals surface area contributed by atoms with Crippen LogP contribution in [0.4, 0.5) is 0 Å². The summed E-state index contributed by atoms with van der Waals surface area (Å²) in [5.41, 5.74) is -0.924. The minimum Gasteiger partial charge on any atom is -0.465 e.